The van der Waals surface area contributed by atoms with E-state index in [1.54, 1.807) is 0 Å². The van der Waals surface area contributed by atoms with E-state index in [1.807, 2.05) is 0 Å². The summed E-state index contributed by atoms with van der Waals surface area (Å²) in [5, 5.41) is 7.55. The van der Waals surface area contributed by atoms with Gasteiger partial charge in [-0.3, -0.25) is 5.41 Å². The van der Waals surface area contributed by atoms with Gasteiger partial charge in [-0.1, -0.05) is 42.7 Å². The van der Waals surface area contributed by atoms with Crippen LogP contribution in [0.1, 0.15) is 43.2 Å². The molecule has 1 fully saturated rings. The van der Waals surface area contributed by atoms with Gasteiger partial charge in [-0.2, -0.15) is 0 Å². The van der Waals surface area contributed by atoms with Gasteiger partial charge in [0, 0.05) is 11.8 Å². The summed E-state index contributed by atoms with van der Waals surface area (Å²) in [6.07, 6.45) is 5.60. The second-order valence-electron chi connectivity index (χ2n) is 5.06. The normalized spacial score (nSPS) is 17.5. The molecule has 0 unspecified atom stereocenters. The number of halogens is 1. The van der Waals surface area contributed by atoms with Crippen LogP contribution >= 0.6 is 12.4 Å². The Morgan fingerprint density at radius 3 is 2.24 bits per heavy atom. The lowest BCUT2D eigenvalue weighted by Crippen LogP contribution is -2.29. The maximum atomic E-state index is 7.55. The number of nitrogens with two attached hydrogens (primary N) is 1. The Kier molecular flexibility index (Phi) is 4.58. The average Bonchev–Trinajstić information content (AvgIpc) is 2.67. The summed E-state index contributed by atoms with van der Waals surface area (Å²) in [4.78, 5) is 0. The standard InChI is InChI=1S/C14H20N2.ClH/c1-11-4-6-12(7-5-11)14(10-13(15)16)8-2-3-9-14;/h4-7H,2-3,8-10H2,1H3,(H3,15,16);1H. The minimum Gasteiger partial charge on any atom is -0.388 e. The van der Waals surface area contributed by atoms with Crippen LogP contribution in [0, 0.1) is 12.3 Å². The van der Waals surface area contributed by atoms with Gasteiger partial charge in [-0.25, -0.2) is 0 Å². The quantitative estimate of drug-likeness (QED) is 0.627. The van der Waals surface area contributed by atoms with Gasteiger partial charge in [0.15, 0.2) is 0 Å². The van der Waals surface area contributed by atoms with E-state index in [2.05, 4.69) is 31.2 Å². The molecular formula is C14H21ClN2. The van der Waals surface area contributed by atoms with E-state index in [1.165, 1.54) is 36.8 Å². The Hall–Kier alpha value is -1.02. The third kappa shape index (κ3) is 3.01. The lowest BCUT2D eigenvalue weighted by molar-refractivity contribution is 0.457. The molecule has 3 heteroatoms. The van der Waals surface area contributed by atoms with Crippen LogP contribution in [-0.4, -0.2) is 5.84 Å². The van der Waals surface area contributed by atoms with Crippen molar-refractivity contribution in [3.05, 3.63) is 35.4 Å². The topological polar surface area (TPSA) is 49.9 Å². The largest absolute Gasteiger partial charge is 0.388 e. The highest BCUT2D eigenvalue weighted by atomic mass is 35.5. The molecule has 0 aromatic heterocycles. The number of hydrogen-bond donors (Lipinski definition) is 2. The molecular weight excluding hydrogens is 232 g/mol. The summed E-state index contributed by atoms with van der Waals surface area (Å²) < 4.78 is 0. The molecule has 1 aromatic rings. The van der Waals surface area contributed by atoms with Crippen molar-refractivity contribution in [1.82, 2.24) is 0 Å². The van der Waals surface area contributed by atoms with E-state index >= 15 is 0 Å². The average molecular weight is 253 g/mol. The lowest BCUT2D eigenvalue weighted by atomic mass is 9.75. The van der Waals surface area contributed by atoms with Gasteiger partial charge in [0.1, 0.15) is 0 Å². The first-order valence-electron chi connectivity index (χ1n) is 6.02. The number of aryl methyl sites for hydroxylation is 1. The van der Waals surface area contributed by atoms with Crippen molar-refractivity contribution in [2.45, 2.75) is 44.4 Å². The third-order valence-electron chi connectivity index (χ3n) is 3.75. The SMILES string of the molecule is Cc1ccc(C2(CC(=N)N)CCCC2)cc1.Cl. The molecule has 17 heavy (non-hydrogen) atoms. The van der Waals surface area contributed by atoms with Gasteiger partial charge in [0.05, 0.1) is 5.84 Å². The smallest absolute Gasteiger partial charge is 0.0914 e. The molecule has 0 saturated heterocycles. The predicted molar refractivity (Wildman–Crippen MR) is 75.1 cm³/mol. The van der Waals surface area contributed by atoms with Crippen LogP contribution in [0.4, 0.5) is 0 Å². The monoisotopic (exact) mass is 252 g/mol. The molecule has 0 heterocycles. The van der Waals surface area contributed by atoms with Crippen LogP contribution in [0.2, 0.25) is 0 Å². The van der Waals surface area contributed by atoms with E-state index in [0.29, 0.717) is 5.84 Å². The molecule has 0 spiro atoms. The molecule has 1 aliphatic carbocycles. The lowest BCUT2D eigenvalue weighted by Gasteiger charge is -2.29. The molecule has 0 aliphatic heterocycles. The van der Waals surface area contributed by atoms with Gasteiger partial charge in [-0.15, -0.1) is 12.4 Å². The Bertz CT molecular complexity index is 378. The zero-order chi connectivity index (χ0) is 11.6. The number of hydrogen-bond acceptors (Lipinski definition) is 1. The highest BCUT2D eigenvalue weighted by Gasteiger charge is 2.35. The zero-order valence-electron chi connectivity index (χ0n) is 10.3. The van der Waals surface area contributed by atoms with Crippen molar-refractivity contribution in [3.63, 3.8) is 0 Å². The number of amidine groups is 1. The highest BCUT2D eigenvalue weighted by Crippen LogP contribution is 2.43. The summed E-state index contributed by atoms with van der Waals surface area (Å²) in [5.74, 6) is 0.322. The Balaban J connectivity index is 0.00000144. The van der Waals surface area contributed by atoms with Gasteiger partial charge >= 0.3 is 0 Å². The second-order valence-corrected chi connectivity index (χ2v) is 5.06. The molecule has 0 radical (unpaired) electrons. The predicted octanol–water partition coefficient (Wildman–Crippen LogP) is 3.55. The fraction of sp³-hybridized carbons (Fsp3) is 0.500. The van der Waals surface area contributed by atoms with Crippen LogP contribution in [-0.2, 0) is 5.41 Å². The first-order valence-corrected chi connectivity index (χ1v) is 6.02. The minimum absolute atomic E-state index is 0. The first kappa shape index (κ1) is 14.0. The molecule has 0 bridgehead atoms. The summed E-state index contributed by atoms with van der Waals surface area (Å²) in [6.45, 7) is 2.11. The summed E-state index contributed by atoms with van der Waals surface area (Å²) >= 11 is 0. The minimum atomic E-state index is 0. The van der Waals surface area contributed by atoms with Crippen molar-refractivity contribution in [1.29, 1.82) is 5.41 Å². The fourth-order valence-corrected chi connectivity index (χ4v) is 2.89. The zero-order valence-corrected chi connectivity index (χ0v) is 11.1. The van der Waals surface area contributed by atoms with Crippen molar-refractivity contribution in [2.75, 3.05) is 0 Å². The van der Waals surface area contributed by atoms with Crippen molar-refractivity contribution >= 4 is 18.2 Å². The van der Waals surface area contributed by atoms with Gasteiger partial charge in [0.2, 0.25) is 0 Å². The Labute approximate surface area is 110 Å². The molecule has 2 rings (SSSR count). The number of nitrogens with one attached hydrogen (secondary N) is 1. The van der Waals surface area contributed by atoms with Crippen LogP contribution in [0.5, 0.6) is 0 Å². The van der Waals surface area contributed by atoms with Crippen LogP contribution in [0.3, 0.4) is 0 Å². The number of rotatable bonds is 3. The first-order chi connectivity index (χ1) is 7.62. The van der Waals surface area contributed by atoms with E-state index < -0.39 is 0 Å². The van der Waals surface area contributed by atoms with E-state index in [9.17, 15) is 0 Å². The molecule has 2 nitrogen and oxygen atoms in total. The molecule has 0 atom stereocenters. The maximum absolute atomic E-state index is 7.55. The summed E-state index contributed by atoms with van der Waals surface area (Å²) in [6, 6.07) is 8.75. The van der Waals surface area contributed by atoms with Crippen LogP contribution in [0.15, 0.2) is 24.3 Å². The Morgan fingerprint density at radius 1 is 1.24 bits per heavy atom. The summed E-state index contributed by atoms with van der Waals surface area (Å²) in [5.41, 5.74) is 8.42. The van der Waals surface area contributed by atoms with Gasteiger partial charge < -0.3 is 5.73 Å². The van der Waals surface area contributed by atoms with E-state index in [-0.39, 0.29) is 17.8 Å². The highest BCUT2D eigenvalue weighted by molar-refractivity contribution is 5.85. The molecule has 0 amide bonds. The van der Waals surface area contributed by atoms with E-state index in [0.717, 1.165) is 6.42 Å². The molecule has 94 valence electrons. The molecule has 1 saturated carbocycles. The fourth-order valence-electron chi connectivity index (χ4n) is 2.89. The molecule has 1 aromatic carbocycles. The summed E-state index contributed by atoms with van der Waals surface area (Å²) in [7, 11) is 0. The van der Waals surface area contributed by atoms with Gasteiger partial charge in [0.25, 0.3) is 0 Å². The van der Waals surface area contributed by atoms with Crippen molar-refractivity contribution in [2.24, 2.45) is 5.73 Å². The van der Waals surface area contributed by atoms with Crippen LogP contribution < -0.4 is 5.73 Å². The maximum Gasteiger partial charge on any atom is 0.0914 e. The molecule has 3 N–H and O–H groups in total. The third-order valence-corrected chi connectivity index (χ3v) is 3.75. The van der Waals surface area contributed by atoms with Gasteiger partial charge in [-0.05, 0) is 25.3 Å². The molecule has 1 aliphatic rings. The van der Waals surface area contributed by atoms with Crippen molar-refractivity contribution < 1.29 is 0 Å². The number of benzene rings is 1. The van der Waals surface area contributed by atoms with E-state index in [4.69, 9.17) is 11.1 Å². The second kappa shape index (κ2) is 5.54. The Morgan fingerprint density at radius 2 is 1.76 bits per heavy atom. The van der Waals surface area contributed by atoms with Crippen LogP contribution in [0.25, 0.3) is 0 Å². The van der Waals surface area contributed by atoms with Crippen molar-refractivity contribution in [3.8, 4) is 0 Å².